The molecule has 0 saturated carbocycles. The molecule has 0 bridgehead atoms. The molecule has 0 amide bonds. The Hall–Kier alpha value is -1.76. The Morgan fingerprint density at radius 1 is 1.57 bits per heavy atom. The molecule has 6 nitrogen and oxygen atoms in total. The third kappa shape index (κ3) is 1.18. The number of rotatable bonds is 2. The summed E-state index contributed by atoms with van der Waals surface area (Å²) in [5, 5.41) is 0. The first-order valence-corrected chi connectivity index (χ1v) is 4.11. The maximum absolute atomic E-state index is 12.9. The highest BCUT2D eigenvalue weighted by molar-refractivity contribution is 5.82. The molecule has 2 aromatic rings. The number of aromatic nitrogens is 4. The van der Waals surface area contributed by atoms with Crippen LogP contribution in [0.5, 0.6) is 0 Å². The Labute approximate surface area is 78.9 Å². The number of nitrogen functional groups attached to an aromatic ring is 1. The maximum atomic E-state index is 12.9. The fourth-order valence-electron chi connectivity index (χ4n) is 1.25. The van der Waals surface area contributed by atoms with Gasteiger partial charge in [0.05, 0.1) is 6.33 Å². The van der Waals surface area contributed by atoms with Gasteiger partial charge in [0.25, 0.3) is 0 Å². The molecule has 0 atom stereocenters. The summed E-state index contributed by atoms with van der Waals surface area (Å²) in [5.41, 5.74) is 3.19. The summed E-state index contributed by atoms with van der Waals surface area (Å²) >= 11 is 0. The van der Waals surface area contributed by atoms with E-state index in [1.54, 1.807) is 10.9 Å². The number of imidazole rings is 1. The second-order valence-electron chi connectivity index (χ2n) is 2.69. The molecule has 0 aromatic carbocycles. The van der Waals surface area contributed by atoms with Crippen molar-refractivity contribution >= 4 is 17.0 Å². The van der Waals surface area contributed by atoms with Crippen molar-refractivity contribution in [2.75, 3.05) is 5.43 Å². The minimum absolute atomic E-state index is 0.194. The second-order valence-corrected chi connectivity index (χ2v) is 2.69. The van der Waals surface area contributed by atoms with Crippen LogP contribution in [0.2, 0.25) is 0 Å². The molecule has 2 rings (SSSR count). The van der Waals surface area contributed by atoms with Gasteiger partial charge in [0.2, 0.25) is 0 Å². The number of anilines is 1. The van der Waals surface area contributed by atoms with E-state index in [-0.39, 0.29) is 5.82 Å². The molecule has 0 aliphatic carbocycles. The predicted octanol–water partition coefficient (Wildman–Crippen LogP) is 0.271. The Kier molecular flexibility index (Phi) is 2.01. The fraction of sp³-hybridized carbons (Fsp3) is 0.286. The minimum atomic E-state index is -0.819. The van der Waals surface area contributed by atoms with Crippen molar-refractivity contribution in [3.8, 4) is 0 Å². The molecule has 0 aliphatic heterocycles. The highest BCUT2D eigenvalue weighted by Gasteiger charge is 2.11. The Balaban J connectivity index is 2.76. The number of aryl methyl sites for hydroxylation is 1. The number of nitrogens with two attached hydrogens (primary N) is 1. The summed E-state index contributed by atoms with van der Waals surface area (Å²) in [4.78, 5) is 11.2. The van der Waals surface area contributed by atoms with Crippen molar-refractivity contribution in [3.63, 3.8) is 0 Å². The van der Waals surface area contributed by atoms with Gasteiger partial charge in [-0.2, -0.15) is 14.4 Å². The van der Waals surface area contributed by atoms with Gasteiger partial charge in [-0.05, 0) is 6.92 Å². The lowest BCUT2D eigenvalue weighted by Gasteiger charge is -2.01. The van der Waals surface area contributed by atoms with Crippen LogP contribution in [0.1, 0.15) is 6.92 Å². The Morgan fingerprint density at radius 3 is 3.00 bits per heavy atom. The van der Waals surface area contributed by atoms with Gasteiger partial charge < -0.3 is 9.99 Å². The van der Waals surface area contributed by atoms with Crippen LogP contribution >= 0.6 is 0 Å². The third-order valence-electron chi connectivity index (χ3n) is 1.91. The molecule has 0 spiro atoms. The van der Waals surface area contributed by atoms with E-state index in [0.717, 1.165) is 0 Å². The predicted molar refractivity (Wildman–Crippen MR) is 48.8 cm³/mol. The number of hydrogen-bond donors (Lipinski definition) is 2. The van der Waals surface area contributed by atoms with Gasteiger partial charge in [0, 0.05) is 6.54 Å². The molecule has 0 unspecified atom stereocenters. The quantitative estimate of drug-likeness (QED) is 0.409. The molecule has 0 saturated heterocycles. The van der Waals surface area contributed by atoms with Crippen LogP contribution in [0, 0.1) is 6.08 Å². The second kappa shape index (κ2) is 3.18. The lowest BCUT2D eigenvalue weighted by Crippen LogP contribution is -2.11. The molecule has 2 heterocycles. The van der Waals surface area contributed by atoms with E-state index in [2.05, 4.69) is 20.4 Å². The van der Waals surface area contributed by atoms with Crippen LogP contribution in [0.25, 0.3) is 11.2 Å². The van der Waals surface area contributed by atoms with E-state index in [1.165, 1.54) is 0 Å². The topological polar surface area (TPSA) is 81.7 Å². The van der Waals surface area contributed by atoms with Crippen molar-refractivity contribution in [2.24, 2.45) is 5.84 Å². The van der Waals surface area contributed by atoms with Gasteiger partial charge in [0.15, 0.2) is 17.0 Å². The Bertz CT molecular complexity index is 464. The number of hydrazine groups is 1. The van der Waals surface area contributed by atoms with E-state index < -0.39 is 6.08 Å². The van der Waals surface area contributed by atoms with Crippen LogP contribution in [-0.4, -0.2) is 19.5 Å². The van der Waals surface area contributed by atoms with Crippen LogP contribution in [0.3, 0.4) is 0 Å². The first kappa shape index (κ1) is 8.82. The molecule has 74 valence electrons. The first-order valence-electron chi connectivity index (χ1n) is 4.11. The summed E-state index contributed by atoms with van der Waals surface area (Å²) in [6.45, 7) is 2.58. The molecular weight excluding hydrogens is 187 g/mol. The zero-order valence-electron chi connectivity index (χ0n) is 7.53. The summed E-state index contributed by atoms with van der Waals surface area (Å²) in [6, 6.07) is 0. The largest absolute Gasteiger partial charge is 0.315 e. The van der Waals surface area contributed by atoms with Crippen LogP contribution in [-0.2, 0) is 6.54 Å². The van der Waals surface area contributed by atoms with Crippen molar-refractivity contribution in [3.05, 3.63) is 12.4 Å². The highest BCUT2D eigenvalue weighted by atomic mass is 19.1. The average molecular weight is 196 g/mol. The van der Waals surface area contributed by atoms with Crippen molar-refractivity contribution in [1.82, 2.24) is 19.5 Å². The normalized spacial score (nSPS) is 10.8. The molecule has 0 radical (unpaired) electrons. The highest BCUT2D eigenvalue weighted by Crippen LogP contribution is 2.17. The Morgan fingerprint density at radius 2 is 2.36 bits per heavy atom. The van der Waals surface area contributed by atoms with E-state index in [4.69, 9.17) is 5.84 Å². The molecule has 14 heavy (non-hydrogen) atoms. The lowest BCUT2D eigenvalue weighted by molar-refractivity contribution is 0.542. The van der Waals surface area contributed by atoms with Gasteiger partial charge in [-0.1, -0.05) is 0 Å². The van der Waals surface area contributed by atoms with Gasteiger partial charge >= 0.3 is 6.08 Å². The standard InChI is InChI=1S/C7H9FN6/c1-2-14-3-10-4-5(13-9)11-7(8)12-6(4)14/h3H,2,9H2,1H3,(H,11,12,13). The smallest absolute Gasteiger partial charge is 0.312 e. The number of nitrogens with zero attached hydrogens (tertiary/aromatic N) is 4. The van der Waals surface area contributed by atoms with Gasteiger partial charge in [0.1, 0.15) is 0 Å². The number of halogens is 1. The number of fused-ring (bicyclic) bond motifs is 1. The molecule has 3 N–H and O–H groups in total. The monoisotopic (exact) mass is 196 g/mol. The zero-order valence-corrected chi connectivity index (χ0v) is 7.53. The van der Waals surface area contributed by atoms with E-state index in [1.807, 2.05) is 6.92 Å². The third-order valence-corrected chi connectivity index (χ3v) is 1.91. The zero-order chi connectivity index (χ0) is 10.1. The molecule has 7 heteroatoms. The molecule has 0 aliphatic rings. The van der Waals surface area contributed by atoms with E-state index in [0.29, 0.717) is 17.7 Å². The van der Waals surface area contributed by atoms with Gasteiger partial charge in [-0.25, -0.2) is 10.8 Å². The van der Waals surface area contributed by atoms with Crippen LogP contribution in [0.4, 0.5) is 10.2 Å². The van der Waals surface area contributed by atoms with E-state index >= 15 is 0 Å². The summed E-state index contributed by atoms with van der Waals surface area (Å²) in [6.07, 6.45) is 0.750. The molecular formula is C7H9FN6. The van der Waals surface area contributed by atoms with Gasteiger partial charge in [-0.15, -0.1) is 0 Å². The first-order chi connectivity index (χ1) is 6.76. The summed E-state index contributed by atoms with van der Waals surface area (Å²) < 4.78 is 14.6. The van der Waals surface area contributed by atoms with Crippen molar-refractivity contribution < 1.29 is 4.39 Å². The SMILES string of the molecule is CCn1cnc2c(NN)nc(F)nc21. The minimum Gasteiger partial charge on any atom is -0.315 e. The summed E-state index contributed by atoms with van der Waals surface area (Å²) in [7, 11) is 0. The van der Waals surface area contributed by atoms with Crippen LogP contribution in [0.15, 0.2) is 6.33 Å². The lowest BCUT2D eigenvalue weighted by atomic mass is 10.5. The van der Waals surface area contributed by atoms with Crippen LogP contribution < -0.4 is 11.3 Å². The van der Waals surface area contributed by atoms with Crippen molar-refractivity contribution in [1.29, 1.82) is 0 Å². The van der Waals surface area contributed by atoms with E-state index in [9.17, 15) is 4.39 Å². The summed E-state index contributed by atoms with van der Waals surface area (Å²) in [5.74, 6) is 5.37. The maximum Gasteiger partial charge on any atom is 0.312 e. The number of nitrogens with one attached hydrogen (secondary N) is 1. The molecule has 2 aromatic heterocycles. The average Bonchev–Trinajstić information content (AvgIpc) is 2.59. The van der Waals surface area contributed by atoms with Gasteiger partial charge in [-0.3, -0.25) is 0 Å². The fourth-order valence-corrected chi connectivity index (χ4v) is 1.25. The van der Waals surface area contributed by atoms with Crippen molar-refractivity contribution in [2.45, 2.75) is 13.5 Å². The number of hydrogen-bond acceptors (Lipinski definition) is 5. The molecule has 0 fully saturated rings.